The Bertz CT molecular complexity index is 304. The highest BCUT2D eigenvalue weighted by Gasteiger charge is 2.32. The van der Waals surface area contributed by atoms with E-state index in [0.29, 0.717) is 13.0 Å². The predicted octanol–water partition coefficient (Wildman–Crippen LogP) is -0.278. The second-order valence-corrected chi connectivity index (χ2v) is 4.61. The molecule has 0 radical (unpaired) electrons. The molecule has 1 aliphatic rings. The maximum Gasteiger partial charge on any atom is 0.326 e. The molecule has 7 nitrogen and oxygen atoms in total. The van der Waals surface area contributed by atoms with Crippen LogP contribution in [0.1, 0.15) is 25.7 Å². The number of nitrogens with zero attached hydrogens (tertiary/aromatic N) is 2. The van der Waals surface area contributed by atoms with Gasteiger partial charge in [0.25, 0.3) is 0 Å². The van der Waals surface area contributed by atoms with Gasteiger partial charge in [-0.1, -0.05) is 12.8 Å². The fourth-order valence-electron chi connectivity index (χ4n) is 2.32. The van der Waals surface area contributed by atoms with E-state index in [2.05, 4.69) is 0 Å². The number of urea groups is 1. The van der Waals surface area contributed by atoms with Crippen LogP contribution in [0.5, 0.6) is 0 Å². The molecule has 1 atom stereocenters. The molecule has 0 aliphatic carbocycles. The molecule has 1 heterocycles. The molecule has 0 bridgehead atoms. The Kier molecular flexibility index (Phi) is 6.58. The topological polar surface area (TPSA) is 101 Å². The first-order valence-corrected chi connectivity index (χ1v) is 6.62. The summed E-state index contributed by atoms with van der Waals surface area (Å²) in [6.45, 7) is 0.183. The van der Waals surface area contributed by atoms with E-state index in [0.717, 1.165) is 19.3 Å². The van der Waals surface area contributed by atoms with Crippen LogP contribution in [-0.4, -0.2) is 76.0 Å². The molecule has 1 fully saturated rings. The van der Waals surface area contributed by atoms with Gasteiger partial charge in [0.15, 0.2) is 0 Å². The summed E-state index contributed by atoms with van der Waals surface area (Å²) in [4.78, 5) is 26.2. The molecular formula is C12H22N2O5. The number of amides is 2. The van der Waals surface area contributed by atoms with Crippen molar-refractivity contribution in [1.82, 2.24) is 9.80 Å². The zero-order valence-corrected chi connectivity index (χ0v) is 11.0. The minimum absolute atomic E-state index is 0.0994. The van der Waals surface area contributed by atoms with Gasteiger partial charge in [-0.25, -0.2) is 9.59 Å². The fraction of sp³-hybridized carbons (Fsp3) is 0.833. The summed E-state index contributed by atoms with van der Waals surface area (Å²) in [5.74, 6) is -0.997. The number of aliphatic hydroxyl groups is 2. The highest BCUT2D eigenvalue weighted by Crippen LogP contribution is 2.18. The Morgan fingerprint density at radius 3 is 2.26 bits per heavy atom. The standard InChI is InChI=1S/C12H22N2O5/c15-8-6-13(7-9-16)12(19)14-5-3-1-2-4-10(14)11(17)18/h10,15-16H,1-9H2,(H,17,18). The first-order valence-electron chi connectivity index (χ1n) is 6.62. The summed E-state index contributed by atoms with van der Waals surface area (Å²) >= 11 is 0. The largest absolute Gasteiger partial charge is 0.480 e. The number of rotatable bonds is 5. The van der Waals surface area contributed by atoms with Crippen molar-refractivity contribution in [2.75, 3.05) is 32.8 Å². The van der Waals surface area contributed by atoms with Crippen molar-refractivity contribution in [2.45, 2.75) is 31.7 Å². The molecule has 0 aromatic rings. The lowest BCUT2D eigenvalue weighted by molar-refractivity contribution is -0.142. The number of likely N-dealkylation sites (tertiary alicyclic amines) is 1. The van der Waals surface area contributed by atoms with Crippen LogP contribution in [0.2, 0.25) is 0 Å². The van der Waals surface area contributed by atoms with Crippen LogP contribution in [0, 0.1) is 0 Å². The fourth-order valence-corrected chi connectivity index (χ4v) is 2.32. The lowest BCUT2D eigenvalue weighted by atomic mass is 10.1. The van der Waals surface area contributed by atoms with E-state index in [4.69, 9.17) is 10.2 Å². The van der Waals surface area contributed by atoms with Crippen LogP contribution >= 0.6 is 0 Å². The first kappa shape index (κ1) is 15.7. The molecule has 0 aromatic heterocycles. The zero-order chi connectivity index (χ0) is 14.3. The van der Waals surface area contributed by atoms with Crippen LogP contribution in [0.25, 0.3) is 0 Å². The van der Waals surface area contributed by atoms with Gasteiger partial charge < -0.3 is 25.1 Å². The summed E-state index contributed by atoms with van der Waals surface area (Å²) in [6, 6.07) is -1.23. The maximum atomic E-state index is 12.3. The van der Waals surface area contributed by atoms with Crippen molar-refractivity contribution in [3.63, 3.8) is 0 Å². The highest BCUT2D eigenvalue weighted by molar-refractivity contribution is 5.82. The van der Waals surface area contributed by atoms with Crippen LogP contribution in [0.4, 0.5) is 4.79 Å². The normalized spacial score (nSPS) is 19.9. The number of aliphatic hydroxyl groups excluding tert-OH is 2. The van der Waals surface area contributed by atoms with Gasteiger partial charge in [0.2, 0.25) is 0 Å². The second-order valence-electron chi connectivity index (χ2n) is 4.61. The molecule has 0 aromatic carbocycles. The average molecular weight is 274 g/mol. The molecule has 1 unspecified atom stereocenters. The molecule has 2 amide bonds. The smallest absolute Gasteiger partial charge is 0.326 e. The van der Waals surface area contributed by atoms with Crippen LogP contribution < -0.4 is 0 Å². The van der Waals surface area contributed by atoms with Gasteiger partial charge >= 0.3 is 12.0 Å². The van der Waals surface area contributed by atoms with E-state index >= 15 is 0 Å². The van der Waals surface area contributed by atoms with E-state index in [-0.39, 0.29) is 26.3 Å². The molecule has 0 saturated carbocycles. The van der Waals surface area contributed by atoms with Crippen molar-refractivity contribution >= 4 is 12.0 Å². The Labute approximate surface area is 112 Å². The van der Waals surface area contributed by atoms with Crippen LogP contribution in [0.3, 0.4) is 0 Å². The van der Waals surface area contributed by atoms with Gasteiger partial charge in [0, 0.05) is 19.6 Å². The molecule has 110 valence electrons. The maximum absolute atomic E-state index is 12.3. The van der Waals surface area contributed by atoms with Crippen molar-refractivity contribution < 1.29 is 24.9 Å². The Balaban J connectivity index is 2.80. The number of carboxylic acid groups (broad SMARTS) is 1. The van der Waals surface area contributed by atoms with Gasteiger partial charge in [0.05, 0.1) is 13.2 Å². The number of carbonyl (C=O) groups is 2. The monoisotopic (exact) mass is 274 g/mol. The lowest BCUT2D eigenvalue weighted by Gasteiger charge is -2.32. The van der Waals surface area contributed by atoms with Gasteiger partial charge in [-0.15, -0.1) is 0 Å². The SMILES string of the molecule is O=C(O)C1CCCCCN1C(=O)N(CCO)CCO. The van der Waals surface area contributed by atoms with Gasteiger partial charge in [-0.2, -0.15) is 0 Å². The molecule has 3 N–H and O–H groups in total. The van der Waals surface area contributed by atoms with Gasteiger partial charge in [-0.3, -0.25) is 0 Å². The summed E-state index contributed by atoms with van der Waals surface area (Å²) in [7, 11) is 0. The Morgan fingerprint density at radius 2 is 1.74 bits per heavy atom. The third-order valence-electron chi connectivity index (χ3n) is 3.29. The number of aliphatic carboxylic acids is 1. The number of carbonyl (C=O) groups excluding carboxylic acids is 1. The zero-order valence-electron chi connectivity index (χ0n) is 11.0. The van der Waals surface area contributed by atoms with E-state index in [1.165, 1.54) is 9.80 Å². The molecule has 0 spiro atoms. The summed E-state index contributed by atoms with van der Waals surface area (Å²) in [5, 5.41) is 27.1. The minimum atomic E-state index is -0.997. The van der Waals surface area contributed by atoms with E-state index in [1.807, 2.05) is 0 Å². The predicted molar refractivity (Wildman–Crippen MR) is 67.7 cm³/mol. The third kappa shape index (κ3) is 4.36. The van der Waals surface area contributed by atoms with E-state index < -0.39 is 18.0 Å². The van der Waals surface area contributed by atoms with Gasteiger partial charge in [-0.05, 0) is 12.8 Å². The van der Waals surface area contributed by atoms with Crippen molar-refractivity contribution in [1.29, 1.82) is 0 Å². The molecule has 7 heteroatoms. The number of hydrogen-bond donors (Lipinski definition) is 3. The van der Waals surface area contributed by atoms with E-state index in [1.54, 1.807) is 0 Å². The summed E-state index contributed by atoms with van der Waals surface area (Å²) < 4.78 is 0. The lowest BCUT2D eigenvalue weighted by Crippen LogP contribution is -2.52. The molecule has 19 heavy (non-hydrogen) atoms. The van der Waals surface area contributed by atoms with Crippen molar-refractivity contribution in [3.8, 4) is 0 Å². The molecule has 1 saturated heterocycles. The number of carboxylic acids is 1. The molecule has 1 aliphatic heterocycles. The first-order chi connectivity index (χ1) is 9.11. The Morgan fingerprint density at radius 1 is 1.11 bits per heavy atom. The van der Waals surface area contributed by atoms with E-state index in [9.17, 15) is 14.7 Å². The third-order valence-corrected chi connectivity index (χ3v) is 3.29. The van der Waals surface area contributed by atoms with Crippen molar-refractivity contribution in [2.24, 2.45) is 0 Å². The average Bonchev–Trinajstić information content (AvgIpc) is 2.63. The summed E-state index contributed by atoms with van der Waals surface area (Å²) in [6.07, 6.45) is 2.93. The van der Waals surface area contributed by atoms with Crippen LogP contribution in [0.15, 0.2) is 0 Å². The van der Waals surface area contributed by atoms with Gasteiger partial charge in [0.1, 0.15) is 6.04 Å². The summed E-state index contributed by atoms with van der Waals surface area (Å²) in [5.41, 5.74) is 0. The highest BCUT2D eigenvalue weighted by atomic mass is 16.4. The van der Waals surface area contributed by atoms with Crippen LogP contribution in [-0.2, 0) is 4.79 Å². The second kappa shape index (κ2) is 7.96. The minimum Gasteiger partial charge on any atom is -0.480 e. The quantitative estimate of drug-likeness (QED) is 0.640. The molecule has 1 rings (SSSR count). The Hall–Kier alpha value is -1.34. The molecular weight excluding hydrogens is 252 g/mol. The van der Waals surface area contributed by atoms with Crippen molar-refractivity contribution in [3.05, 3.63) is 0 Å². The number of hydrogen-bond acceptors (Lipinski definition) is 4.